The summed E-state index contributed by atoms with van der Waals surface area (Å²) in [6.45, 7) is 1.82. The molecule has 0 spiro atoms. The third-order valence-corrected chi connectivity index (χ3v) is 1.96. The van der Waals surface area contributed by atoms with Gasteiger partial charge in [-0.05, 0) is 14.0 Å². The summed E-state index contributed by atoms with van der Waals surface area (Å²) in [5.74, 6) is 0. The molecule has 2 atom stereocenters. The van der Waals surface area contributed by atoms with Crippen molar-refractivity contribution in [1.29, 1.82) is 0 Å². The monoisotopic (exact) mass is 214 g/mol. The molecular weight excluding hydrogens is 197 g/mol. The highest BCUT2D eigenvalue weighted by molar-refractivity contribution is 4.83. The summed E-state index contributed by atoms with van der Waals surface area (Å²) in [6, 6.07) is -2.56. The lowest BCUT2D eigenvalue weighted by Gasteiger charge is -2.32. The molecule has 0 heterocycles. The second-order valence-corrected chi connectivity index (χ2v) is 3.32. The minimum absolute atomic E-state index is 0.211. The van der Waals surface area contributed by atoms with E-state index in [1.54, 1.807) is 0 Å². The zero-order valence-electron chi connectivity index (χ0n) is 8.64. The summed E-state index contributed by atoms with van der Waals surface area (Å²) in [4.78, 5) is 1.16. The average molecular weight is 214 g/mol. The van der Waals surface area contributed by atoms with Crippen LogP contribution in [0.2, 0.25) is 0 Å². The van der Waals surface area contributed by atoms with Crippen LogP contribution in [-0.4, -0.2) is 50.5 Å². The lowest BCUT2D eigenvalue weighted by Crippen LogP contribution is -2.54. The van der Waals surface area contributed by atoms with Crippen LogP contribution >= 0.6 is 0 Å². The molecule has 0 rings (SSSR count). The Morgan fingerprint density at radius 3 is 2.21 bits per heavy atom. The van der Waals surface area contributed by atoms with Gasteiger partial charge >= 0.3 is 6.18 Å². The Morgan fingerprint density at radius 2 is 1.93 bits per heavy atom. The predicted molar refractivity (Wildman–Crippen MR) is 48.0 cm³/mol. The van der Waals surface area contributed by atoms with E-state index in [1.807, 2.05) is 0 Å². The van der Waals surface area contributed by atoms with Crippen LogP contribution in [0.15, 0.2) is 0 Å². The van der Waals surface area contributed by atoms with Gasteiger partial charge in [-0.15, -0.1) is 0 Å². The normalized spacial score (nSPS) is 17.1. The number of hydrogen-bond acceptors (Lipinski definition) is 3. The molecule has 6 heteroatoms. The first kappa shape index (κ1) is 13.7. The number of hydrogen-bond donors (Lipinski definition) is 1. The molecule has 0 aromatic carbocycles. The maximum Gasteiger partial charge on any atom is 0.405 e. The lowest BCUT2D eigenvalue weighted by atomic mass is 10.1. The van der Waals surface area contributed by atoms with Gasteiger partial charge in [0.15, 0.2) is 0 Å². The van der Waals surface area contributed by atoms with E-state index in [0.717, 1.165) is 4.90 Å². The molecule has 0 aliphatic heterocycles. The van der Waals surface area contributed by atoms with Crippen LogP contribution in [0, 0.1) is 0 Å². The van der Waals surface area contributed by atoms with E-state index in [2.05, 4.69) is 0 Å². The van der Waals surface area contributed by atoms with Crippen LogP contribution in [-0.2, 0) is 4.74 Å². The SMILES string of the molecule is COCCN(C)C(C(C)N)C(F)(F)F. The van der Waals surface area contributed by atoms with Crippen molar-refractivity contribution in [2.75, 3.05) is 27.3 Å². The van der Waals surface area contributed by atoms with Crippen molar-refractivity contribution < 1.29 is 17.9 Å². The minimum Gasteiger partial charge on any atom is -0.383 e. The van der Waals surface area contributed by atoms with Gasteiger partial charge in [0, 0.05) is 19.7 Å². The van der Waals surface area contributed by atoms with Gasteiger partial charge < -0.3 is 10.5 Å². The van der Waals surface area contributed by atoms with E-state index in [9.17, 15) is 13.2 Å². The number of nitrogens with two attached hydrogens (primary N) is 1. The minimum atomic E-state index is -4.29. The molecule has 0 saturated carbocycles. The molecule has 2 unspecified atom stereocenters. The third-order valence-electron chi connectivity index (χ3n) is 1.96. The Kier molecular flexibility index (Phi) is 5.40. The van der Waals surface area contributed by atoms with Crippen LogP contribution < -0.4 is 5.73 Å². The third kappa shape index (κ3) is 4.26. The van der Waals surface area contributed by atoms with Gasteiger partial charge in [-0.3, -0.25) is 4.90 Å². The Labute approximate surface area is 82.0 Å². The van der Waals surface area contributed by atoms with Crippen LogP contribution in [0.3, 0.4) is 0 Å². The Morgan fingerprint density at radius 1 is 1.43 bits per heavy atom. The fourth-order valence-corrected chi connectivity index (χ4v) is 1.32. The maximum atomic E-state index is 12.5. The molecule has 0 aliphatic carbocycles. The molecule has 86 valence electrons. The van der Waals surface area contributed by atoms with E-state index in [4.69, 9.17) is 10.5 Å². The molecule has 0 aromatic heterocycles. The number of ether oxygens (including phenoxy) is 1. The van der Waals surface area contributed by atoms with Gasteiger partial charge in [-0.2, -0.15) is 13.2 Å². The van der Waals surface area contributed by atoms with Gasteiger partial charge in [-0.25, -0.2) is 0 Å². The number of nitrogens with zero attached hydrogens (tertiary/aromatic N) is 1. The molecule has 0 bridgehead atoms. The summed E-state index contributed by atoms with van der Waals surface area (Å²) in [7, 11) is 2.84. The van der Waals surface area contributed by atoms with Crippen molar-refractivity contribution in [1.82, 2.24) is 4.90 Å². The topological polar surface area (TPSA) is 38.5 Å². The van der Waals surface area contributed by atoms with Crippen molar-refractivity contribution in [2.24, 2.45) is 5.73 Å². The van der Waals surface area contributed by atoms with E-state index < -0.39 is 18.3 Å². The molecule has 0 radical (unpaired) electrons. The summed E-state index contributed by atoms with van der Waals surface area (Å²) >= 11 is 0. The van der Waals surface area contributed by atoms with E-state index in [0.29, 0.717) is 0 Å². The summed E-state index contributed by atoms with van der Waals surface area (Å²) in [6.07, 6.45) is -4.29. The first-order valence-electron chi connectivity index (χ1n) is 4.32. The average Bonchev–Trinajstić information content (AvgIpc) is 1.97. The second kappa shape index (κ2) is 5.53. The van der Waals surface area contributed by atoms with Gasteiger partial charge in [0.05, 0.1) is 6.61 Å². The molecule has 2 N–H and O–H groups in total. The molecule has 0 amide bonds. The first-order valence-corrected chi connectivity index (χ1v) is 4.32. The molecular formula is C8H17F3N2O. The Hall–Kier alpha value is -0.330. The van der Waals surface area contributed by atoms with E-state index >= 15 is 0 Å². The number of methoxy groups -OCH3 is 1. The number of alkyl halides is 3. The molecule has 3 nitrogen and oxygen atoms in total. The quantitative estimate of drug-likeness (QED) is 0.737. The van der Waals surface area contributed by atoms with Crippen LogP contribution in [0.25, 0.3) is 0 Å². The molecule has 0 aromatic rings. The van der Waals surface area contributed by atoms with E-state index in [1.165, 1.54) is 21.1 Å². The van der Waals surface area contributed by atoms with Crippen molar-refractivity contribution >= 4 is 0 Å². The van der Waals surface area contributed by atoms with Crippen LogP contribution in [0.1, 0.15) is 6.92 Å². The van der Waals surface area contributed by atoms with Gasteiger partial charge in [0.1, 0.15) is 6.04 Å². The van der Waals surface area contributed by atoms with Crippen molar-refractivity contribution in [2.45, 2.75) is 25.2 Å². The number of halogens is 3. The fraction of sp³-hybridized carbons (Fsp3) is 1.00. The zero-order chi connectivity index (χ0) is 11.4. The highest BCUT2D eigenvalue weighted by Crippen LogP contribution is 2.25. The Balaban J connectivity index is 4.34. The van der Waals surface area contributed by atoms with Gasteiger partial charge in [0.25, 0.3) is 0 Å². The van der Waals surface area contributed by atoms with Crippen molar-refractivity contribution in [3.05, 3.63) is 0 Å². The highest BCUT2D eigenvalue weighted by atomic mass is 19.4. The zero-order valence-corrected chi connectivity index (χ0v) is 8.64. The second-order valence-electron chi connectivity index (χ2n) is 3.32. The standard InChI is InChI=1S/C8H17F3N2O/c1-6(12)7(8(9,10)11)13(2)4-5-14-3/h6-7H,4-5,12H2,1-3H3. The Bertz CT molecular complexity index is 161. The molecule has 0 aliphatic rings. The number of likely N-dealkylation sites (N-methyl/N-ethyl adjacent to an activating group) is 1. The summed E-state index contributed by atoms with van der Waals surface area (Å²) in [5.41, 5.74) is 5.29. The largest absolute Gasteiger partial charge is 0.405 e. The lowest BCUT2D eigenvalue weighted by molar-refractivity contribution is -0.185. The highest BCUT2D eigenvalue weighted by Gasteiger charge is 2.44. The van der Waals surface area contributed by atoms with Crippen LogP contribution in [0.5, 0.6) is 0 Å². The van der Waals surface area contributed by atoms with E-state index in [-0.39, 0.29) is 13.2 Å². The smallest absolute Gasteiger partial charge is 0.383 e. The molecule has 0 fully saturated rings. The predicted octanol–water partition coefficient (Wildman–Crippen LogP) is 0.843. The van der Waals surface area contributed by atoms with Crippen molar-refractivity contribution in [3.8, 4) is 0 Å². The van der Waals surface area contributed by atoms with Crippen molar-refractivity contribution in [3.63, 3.8) is 0 Å². The van der Waals surface area contributed by atoms with Crippen LogP contribution in [0.4, 0.5) is 13.2 Å². The van der Waals surface area contributed by atoms with Gasteiger partial charge in [0.2, 0.25) is 0 Å². The molecule has 14 heavy (non-hydrogen) atoms. The summed E-state index contributed by atoms with van der Waals surface area (Å²) < 4.78 is 42.2. The van der Waals surface area contributed by atoms with Gasteiger partial charge in [-0.1, -0.05) is 0 Å². The summed E-state index contributed by atoms with van der Waals surface area (Å²) in [5, 5.41) is 0. The number of rotatable bonds is 5. The fourth-order valence-electron chi connectivity index (χ4n) is 1.32. The molecule has 0 saturated heterocycles. The maximum absolute atomic E-state index is 12.5. The first-order chi connectivity index (χ1) is 6.30.